The van der Waals surface area contributed by atoms with Crippen LogP contribution in [-0.2, 0) is 0 Å². The Bertz CT molecular complexity index is 417. The van der Waals surface area contributed by atoms with Gasteiger partial charge in [0, 0.05) is 22.8 Å². The van der Waals surface area contributed by atoms with Gasteiger partial charge in [0.15, 0.2) is 0 Å². The number of nitrogens with zero attached hydrogens (tertiary/aromatic N) is 2. The first-order valence-corrected chi connectivity index (χ1v) is 4.13. The van der Waals surface area contributed by atoms with E-state index in [4.69, 9.17) is 5.21 Å². The summed E-state index contributed by atoms with van der Waals surface area (Å²) in [7, 11) is 0. The molecule has 1 aliphatic heterocycles. The van der Waals surface area contributed by atoms with E-state index in [1.165, 1.54) is 0 Å². The lowest BCUT2D eigenvalue weighted by Crippen LogP contribution is -2.40. The Morgan fingerprint density at radius 2 is 2.33 bits per heavy atom. The summed E-state index contributed by atoms with van der Waals surface area (Å²) in [6.45, 7) is 0. The number of fused-ring (bicyclic) bond motifs is 1. The molecule has 0 saturated heterocycles. The lowest BCUT2D eigenvalue weighted by Gasteiger charge is -2.13. The summed E-state index contributed by atoms with van der Waals surface area (Å²) in [5.41, 5.74) is 2.63. The Hall–Kier alpha value is -1.07. The van der Waals surface area contributed by atoms with E-state index in [2.05, 4.69) is 26.3 Å². The molecule has 0 bridgehead atoms. The fraction of sp³-hybridized carbons (Fsp3) is 0. The van der Waals surface area contributed by atoms with Crippen molar-refractivity contribution in [3.8, 4) is 0 Å². The van der Waals surface area contributed by atoms with Crippen LogP contribution in [0.1, 0.15) is 0 Å². The number of hydrogen-bond donors (Lipinski definition) is 2. The number of halogens is 1. The van der Waals surface area contributed by atoms with Crippen molar-refractivity contribution in [1.82, 2.24) is 15.6 Å². The van der Waals surface area contributed by atoms with Crippen molar-refractivity contribution in [2.75, 3.05) is 0 Å². The van der Waals surface area contributed by atoms with Gasteiger partial charge in [-0.15, -0.1) is 0 Å². The lowest BCUT2D eigenvalue weighted by atomic mass is 10.3. The highest BCUT2D eigenvalue weighted by molar-refractivity contribution is 9.10. The average molecular weight is 228 g/mol. The van der Waals surface area contributed by atoms with Crippen molar-refractivity contribution in [2.45, 2.75) is 0 Å². The van der Waals surface area contributed by atoms with E-state index in [-0.39, 0.29) is 0 Å². The van der Waals surface area contributed by atoms with Crippen LogP contribution >= 0.6 is 15.9 Å². The lowest BCUT2D eigenvalue weighted by molar-refractivity contribution is -0.0501. The molecule has 0 amide bonds. The first kappa shape index (κ1) is 7.57. The van der Waals surface area contributed by atoms with E-state index in [1.54, 1.807) is 18.6 Å². The van der Waals surface area contributed by atoms with Crippen LogP contribution in [0.3, 0.4) is 0 Å². The third kappa shape index (κ3) is 1.28. The van der Waals surface area contributed by atoms with E-state index in [0.717, 1.165) is 20.2 Å². The normalized spacial score (nSPS) is 14.0. The molecule has 2 heterocycles. The zero-order valence-corrected chi connectivity index (χ0v) is 7.62. The average Bonchev–Trinajstić information content (AvgIpc) is 2.05. The van der Waals surface area contributed by atoms with E-state index in [1.807, 2.05) is 6.07 Å². The zero-order chi connectivity index (χ0) is 8.55. The van der Waals surface area contributed by atoms with Crippen LogP contribution in [0.4, 0.5) is 0 Å². The smallest absolute Gasteiger partial charge is 0.106 e. The largest absolute Gasteiger partial charge is 0.282 e. The fourth-order valence-corrected chi connectivity index (χ4v) is 1.34. The van der Waals surface area contributed by atoms with Gasteiger partial charge in [-0.25, -0.2) is 4.98 Å². The van der Waals surface area contributed by atoms with Crippen molar-refractivity contribution in [3.05, 3.63) is 27.3 Å². The van der Waals surface area contributed by atoms with Crippen LogP contribution in [0.5, 0.6) is 0 Å². The molecule has 12 heavy (non-hydrogen) atoms. The van der Waals surface area contributed by atoms with Gasteiger partial charge in [0.2, 0.25) is 0 Å². The molecule has 0 spiro atoms. The van der Waals surface area contributed by atoms with Crippen molar-refractivity contribution in [2.24, 2.45) is 0 Å². The monoisotopic (exact) mass is 227 g/mol. The number of aromatic nitrogens is 1. The van der Waals surface area contributed by atoms with Crippen molar-refractivity contribution in [1.29, 1.82) is 0 Å². The quantitative estimate of drug-likeness (QED) is 0.589. The third-order valence-electron chi connectivity index (χ3n) is 1.55. The zero-order valence-electron chi connectivity index (χ0n) is 6.03. The Labute approximate surface area is 76.9 Å². The second kappa shape index (κ2) is 2.76. The molecule has 0 unspecified atom stereocenters. The van der Waals surface area contributed by atoms with Crippen LogP contribution in [-0.4, -0.2) is 15.4 Å². The van der Waals surface area contributed by atoms with Crippen molar-refractivity contribution >= 4 is 28.3 Å². The molecule has 2 rings (SSSR count). The Morgan fingerprint density at radius 1 is 1.50 bits per heavy atom. The van der Waals surface area contributed by atoms with Crippen LogP contribution < -0.4 is 15.9 Å². The summed E-state index contributed by atoms with van der Waals surface area (Å²) in [6.07, 6.45) is 4.93. The number of hydroxylamine groups is 1. The molecule has 4 nitrogen and oxygen atoms in total. The van der Waals surface area contributed by atoms with Gasteiger partial charge in [-0.05, 0) is 22.0 Å². The maximum absolute atomic E-state index is 9.02. The topological polar surface area (TPSA) is 48.4 Å². The Balaban J connectivity index is 2.71. The van der Waals surface area contributed by atoms with Crippen LogP contribution in [0.15, 0.2) is 16.9 Å². The van der Waals surface area contributed by atoms with E-state index >= 15 is 0 Å². The highest BCUT2D eigenvalue weighted by Gasteiger charge is 1.97. The molecule has 1 aromatic heterocycles. The summed E-state index contributed by atoms with van der Waals surface area (Å²) >= 11 is 3.26. The molecule has 0 radical (unpaired) electrons. The van der Waals surface area contributed by atoms with E-state index < -0.39 is 0 Å². The molecule has 5 heteroatoms. The molecule has 1 aliphatic rings. The number of nitrogens with one attached hydrogen (secondary N) is 1. The van der Waals surface area contributed by atoms with Crippen molar-refractivity contribution in [3.63, 3.8) is 0 Å². The van der Waals surface area contributed by atoms with Gasteiger partial charge in [-0.1, -0.05) is 0 Å². The molecule has 0 aliphatic carbocycles. The van der Waals surface area contributed by atoms with Crippen LogP contribution in [0.25, 0.3) is 12.4 Å². The van der Waals surface area contributed by atoms with Crippen molar-refractivity contribution < 1.29 is 5.21 Å². The second-order valence-corrected chi connectivity index (χ2v) is 3.20. The minimum absolute atomic E-state index is 0.777. The minimum Gasteiger partial charge on any atom is -0.282 e. The SMILES string of the molecule is ON1C=c2cnc(Br)cc2=CN1. The van der Waals surface area contributed by atoms with Gasteiger partial charge in [0.05, 0.1) is 6.20 Å². The summed E-state index contributed by atoms with van der Waals surface area (Å²) in [6, 6.07) is 1.87. The highest BCUT2D eigenvalue weighted by Crippen LogP contribution is 1.97. The van der Waals surface area contributed by atoms with Gasteiger partial charge < -0.3 is 0 Å². The predicted molar refractivity (Wildman–Crippen MR) is 46.9 cm³/mol. The summed E-state index contributed by atoms with van der Waals surface area (Å²) in [5, 5.41) is 11.8. The van der Waals surface area contributed by atoms with Crippen LogP contribution in [0.2, 0.25) is 0 Å². The van der Waals surface area contributed by atoms with Gasteiger partial charge >= 0.3 is 0 Å². The number of hydrazine groups is 1. The molecule has 2 N–H and O–H groups in total. The minimum atomic E-state index is 0.777. The molecular formula is C7H6BrN3O. The third-order valence-corrected chi connectivity index (χ3v) is 1.98. The second-order valence-electron chi connectivity index (χ2n) is 2.38. The maximum Gasteiger partial charge on any atom is 0.106 e. The Kier molecular flexibility index (Phi) is 1.74. The van der Waals surface area contributed by atoms with Gasteiger partial charge in [-0.2, -0.15) is 5.17 Å². The molecule has 62 valence electrons. The fourth-order valence-electron chi connectivity index (χ4n) is 0.992. The molecule has 0 fully saturated rings. The molecule has 0 atom stereocenters. The first-order valence-electron chi connectivity index (χ1n) is 3.33. The summed E-state index contributed by atoms with van der Waals surface area (Å²) in [4.78, 5) is 4.03. The number of rotatable bonds is 0. The molecule has 0 aromatic carbocycles. The Morgan fingerprint density at radius 3 is 3.17 bits per heavy atom. The standard InChI is InChI=1S/C7H6BrN3O/c8-7-1-5-3-10-11(12)4-6(5)2-9-7/h1-4,10,12H. The van der Waals surface area contributed by atoms with E-state index in [9.17, 15) is 0 Å². The predicted octanol–water partition coefficient (Wildman–Crippen LogP) is -0.471. The highest BCUT2D eigenvalue weighted by atomic mass is 79.9. The maximum atomic E-state index is 9.02. The van der Waals surface area contributed by atoms with Gasteiger partial charge in [-0.3, -0.25) is 10.6 Å². The molecular weight excluding hydrogens is 222 g/mol. The summed E-state index contributed by atoms with van der Waals surface area (Å²) in [5.74, 6) is 0. The van der Waals surface area contributed by atoms with Crippen LogP contribution in [0, 0.1) is 0 Å². The van der Waals surface area contributed by atoms with E-state index in [0.29, 0.717) is 0 Å². The molecule has 1 aromatic rings. The van der Waals surface area contributed by atoms with Gasteiger partial charge in [0.25, 0.3) is 0 Å². The van der Waals surface area contributed by atoms with Gasteiger partial charge in [0.1, 0.15) is 4.60 Å². The number of pyridine rings is 1. The summed E-state index contributed by atoms with van der Waals surface area (Å²) < 4.78 is 0.777. The molecule has 0 saturated carbocycles. The number of hydrogen-bond acceptors (Lipinski definition) is 4. The first-order chi connectivity index (χ1) is 5.75.